The minimum absolute atomic E-state index is 0.0474. The van der Waals surface area contributed by atoms with Crippen molar-refractivity contribution in [2.24, 2.45) is 17.6 Å². The number of primary amides is 1. The number of aldehydes is 1. The predicted molar refractivity (Wildman–Crippen MR) is 340 cm³/mol. The van der Waals surface area contributed by atoms with Gasteiger partial charge in [-0.15, -0.1) is 0 Å². The molecular formula is C61H85Br2ClF3N9O15. The summed E-state index contributed by atoms with van der Waals surface area (Å²) in [4.78, 5) is 108. The highest BCUT2D eigenvalue weighted by atomic mass is 79.9. The maximum atomic E-state index is 15.1. The molecule has 3 aliphatic rings. The minimum Gasteiger partial charge on any atom is -0.495 e. The number of aliphatic hydroxyl groups is 2. The van der Waals surface area contributed by atoms with Crippen LogP contribution in [-0.2, 0) is 55.5 Å². The fourth-order valence-electron chi connectivity index (χ4n) is 10.8. The maximum absolute atomic E-state index is 15.1. The lowest BCUT2D eigenvalue weighted by molar-refractivity contribution is -0.158. The first kappa shape index (κ1) is 75.6. The Balaban J connectivity index is 1.37. The van der Waals surface area contributed by atoms with Crippen molar-refractivity contribution in [3.8, 4) is 5.75 Å². The van der Waals surface area contributed by atoms with Gasteiger partial charge in [-0.3, -0.25) is 24.5 Å². The van der Waals surface area contributed by atoms with Gasteiger partial charge in [-0.1, -0.05) is 94.5 Å². The molecule has 0 spiro atoms. The highest BCUT2D eigenvalue weighted by Gasteiger charge is 2.64. The van der Waals surface area contributed by atoms with Crippen LogP contribution in [0.4, 0.5) is 34.1 Å². The highest BCUT2D eigenvalue weighted by Crippen LogP contribution is 2.50. The number of esters is 1. The number of carbonyl (C=O) groups excluding carboxylic acids is 8. The summed E-state index contributed by atoms with van der Waals surface area (Å²) in [5.74, 6) is -5.58. The Hall–Kier alpha value is -6.08. The van der Waals surface area contributed by atoms with Crippen LogP contribution in [0.2, 0.25) is 5.02 Å². The molecule has 91 heavy (non-hydrogen) atoms. The van der Waals surface area contributed by atoms with Crippen LogP contribution in [0.5, 0.6) is 5.75 Å². The normalized spacial score (nSPS) is 24.7. The van der Waals surface area contributed by atoms with Gasteiger partial charge < -0.3 is 80.8 Å². The number of ether oxygens (including phenoxy) is 5. The maximum Gasteiger partial charge on any atom is 0.417 e. The van der Waals surface area contributed by atoms with E-state index in [-0.39, 0.29) is 43.0 Å². The Morgan fingerprint density at radius 3 is 2.33 bits per heavy atom. The second-order valence-corrected chi connectivity index (χ2v) is 25.3. The van der Waals surface area contributed by atoms with Crippen LogP contribution in [0.15, 0.2) is 54.1 Å². The lowest BCUT2D eigenvalue weighted by Gasteiger charge is -2.42. The van der Waals surface area contributed by atoms with Crippen molar-refractivity contribution in [1.82, 2.24) is 31.5 Å². The Morgan fingerprint density at radius 1 is 1.02 bits per heavy atom. The van der Waals surface area contributed by atoms with Gasteiger partial charge in [0.2, 0.25) is 17.7 Å². The van der Waals surface area contributed by atoms with Crippen molar-refractivity contribution in [2.75, 3.05) is 62.3 Å². The molecule has 24 nitrogen and oxygen atoms in total. The second-order valence-electron chi connectivity index (χ2n) is 23.8. The smallest absolute Gasteiger partial charge is 0.417 e. The summed E-state index contributed by atoms with van der Waals surface area (Å²) >= 11 is 13.5. The van der Waals surface area contributed by atoms with Gasteiger partial charge in [-0.25, -0.2) is 14.4 Å². The van der Waals surface area contributed by atoms with E-state index in [0.29, 0.717) is 60.2 Å². The minimum atomic E-state index is -5.23. The monoisotopic (exact) mass is 1430 g/mol. The van der Waals surface area contributed by atoms with Crippen LogP contribution in [0.1, 0.15) is 114 Å². The number of anilines is 2. The van der Waals surface area contributed by atoms with Crippen LogP contribution in [0, 0.1) is 11.8 Å². The van der Waals surface area contributed by atoms with E-state index >= 15 is 13.2 Å². The van der Waals surface area contributed by atoms with E-state index in [4.69, 9.17) is 41.0 Å². The van der Waals surface area contributed by atoms with Crippen LogP contribution in [0.25, 0.3) is 0 Å². The first-order valence-electron chi connectivity index (χ1n) is 29.7. The number of benzene rings is 2. The molecule has 0 radical (unpaired) electrons. The van der Waals surface area contributed by atoms with Crippen LogP contribution >= 0.6 is 43.5 Å². The number of nitrogens with one attached hydrogen (secondary N) is 6. The molecule has 11 atom stereocenters. The second kappa shape index (κ2) is 33.2. The molecule has 7 amide bonds. The summed E-state index contributed by atoms with van der Waals surface area (Å²) in [6, 6.07) is 0.736. The number of allylic oxidation sites excluding steroid dienone is 3. The number of hydrogen-bond acceptors (Lipinski definition) is 17. The number of methoxy groups -OCH3 is 2. The number of halogens is 6. The third-order valence-corrected chi connectivity index (χ3v) is 18.9. The molecule has 1 unspecified atom stereocenters. The van der Waals surface area contributed by atoms with Crippen LogP contribution in [-0.4, -0.2) is 181 Å². The number of alkyl carbamates (subject to hydrolysis) is 1. The van der Waals surface area contributed by atoms with E-state index in [2.05, 4.69) is 63.8 Å². The zero-order valence-electron chi connectivity index (χ0n) is 52.6. The predicted octanol–water partition coefficient (Wildman–Crippen LogP) is 6.53. The van der Waals surface area contributed by atoms with Gasteiger partial charge in [0.05, 0.1) is 35.6 Å². The van der Waals surface area contributed by atoms with Gasteiger partial charge in [0.1, 0.15) is 65.3 Å². The largest absolute Gasteiger partial charge is 0.495 e. The van der Waals surface area contributed by atoms with Gasteiger partial charge in [0, 0.05) is 69.3 Å². The number of hydrogen-bond donors (Lipinski definition) is 9. The van der Waals surface area contributed by atoms with E-state index in [9.17, 15) is 48.6 Å². The lowest BCUT2D eigenvalue weighted by Crippen LogP contribution is -2.63. The fourth-order valence-corrected chi connectivity index (χ4v) is 12.7. The molecule has 30 heteroatoms. The SMILES string of the molecule is COc1cc2cc(c1Cl)N(C)C(O)C[C@H](OC(=O)[C@H](C)N(C)C(=O)c1ccc(NC(=O)[C@H](CCCNC(N)=O)NC(=O)[C@@H](NC(=O)CCCCCNC(C=O)(CBr)CBr)C(C)C)cc1C(F)(F)F)[C@]1(C)O[C@H]1[C@H](C)[C@@H]1C[C@@](O)(NC(=O)O1)[C@H](OC)/C=C/C=C(\C)C2. The summed E-state index contributed by atoms with van der Waals surface area (Å²) in [7, 11) is 5.41. The number of alkyl halides is 5. The number of nitrogens with two attached hydrogens (primary N) is 1. The van der Waals surface area contributed by atoms with E-state index in [0.717, 1.165) is 35.9 Å². The zero-order chi connectivity index (χ0) is 67.9. The number of aliphatic hydroxyl groups excluding tert-OH is 1. The van der Waals surface area contributed by atoms with Gasteiger partial charge in [0.15, 0.2) is 5.72 Å². The molecule has 5 rings (SSSR count). The van der Waals surface area contributed by atoms with E-state index in [1.54, 1.807) is 65.1 Å². The molecule has 506 valence electrons. The third-order valence-electron chi connectivity index (χ3n) is 16.6. The summed E-state index contributed by atoms with van der Waals surface area (Å²) in [5, 5.41) is 40.6. The number of likely N-dealkylation sites (N-methyl/N-ethyl adjacent to an activating group) is 1. The number of amides is 7. The van der Waals surface area contributed by atoms with Crippen LogP contribution in [0.3, 0.4) is 0 Å². The molecule has 3 heterocycles. The zero-order valence-corrected chi connectivity index (χ0v) is 56.5. The number of epoxide rings is 1. The number of unbranched alkanes of at least 4 members (excludes halogenated alkanes) is 2. The topological polar surface area (TPSA) is 331 Å². The molecule has 10 N–H and O–H groups in total. The van der Waals surface area contributed by atoms with Crippen LogP contribution < -0.4 is 47.3 Å². The summed E-state index contributed by atoms with van der Waals surface area (Å²) in [6.07, 6.45) is -4.72. The van der Waals surface area contributed by atoms with Crippen molar-refractivity contribution in [2.45, 2.75) is 171 Å². The molecule has 2 saturated heterocycles. The van der Waals surface area contributed by atoms with Gasteiger partial charge in [-0.2, -0.15) is 13.2 Å². The van der Waals surface area contributed by atoms with Crippen molar-refractivity contribution < 1.29 is 85.4 Å². The fraction of sp³-hybridized carbons (Fsp3) is 0.607. The first-order chi connectivity index (χ1) is 42.7. The van der Waals surface area contributed by atoms with Crippen molar-refractivity contribution in [1.29, 1.82) is 0 Å². The average Bonchev–Trinajstić information content (AvgIpc) is 1.59. The molecular weight excluding hydrogens is 1350 g/mol. The molecule has 2 fully saturated rings. The number of urea groups is 1. The summed E-state index contributed by atoms with van der Waals surface area (Å²) < 4.78 is 74.8. The molecule has 4 bridgehead atoms. The van der Waals surface area contributed by atoms with Crippen molar-refractivity contribution in [3.63, 3.8) is 0 Å². The average molecular weight is 1440 g/mol. The highest BCUT2D eigenvalue weighted by molar-refractivity contribution is 9.10. The molecule has 2 aromatic rings. The number of rotatable bonds is 26. The van der Waals surface area contributed by atoms with E-state index in [1.165, 1.54) is 26.0 Å². The van der Waals surface area contributed by atoms with Gasteiger partial charge in [-0.05, 0) is 101 Å². The Labute approximate surface area is 549 Å². The molecule has 2 aromatic carbocycles. The van der Waals surface area contributed by atoms with Crippen molar-refractivity contribution >= 4 is 103 Å². The third kappa shape index (κ3) is 20.0. The first-order valence-corrected chi connectivity index (χ1v) is 32.3. The Kier molecular flexibility index (Phi) is 27.6. The van der Waals surface area contributed by atoms with Crippen molar-refractivity contribution in [3.05, 3.63) is 75.8 Å². The molecule has 3 aliphatic heterocycles. The Morgan fingerprint density at radius 2 is 1.71 bits per heavy atom. The number of fused-ring (bicyclic) bond motifs is 5. The summed E-state index contributed by atoms with van der Waals surface area (Å²) in [5.41, 5.74) is 0.00664. The van der Waals surface area contributed by atoms with Gasteiger partial charge >= 0.3 is 24.3 Å². The number of nitrogens with zero attached hydrogens (tertiary/aromatic N) is 2. The molecule has 0 aromatic heterocycles. The standard InChI is InChI=1S/C61H85Br2ClF3N9O15/c1-33(2)50(73-47(78)19-12-11-13-23-70-59(30-62,31-63)32-77)53(81)72-41(17-15-22-69-56(68)84)52(80)71-38-20-21-39(40(27-38)61(65,66)67)54(82)75(7)36(5)55(83)90-46-28-48(79)76(8)42-25-37(26-43(87-9)49(42)64)24-34(3)16-14-18-45(88-10)60(86)29-44(89-57(85)74-60)35(4)51-58(46,6)91-51/h14,16,18,20-21,25-27,32-33,35-36,41,44-46,48,50-51,70,79,86H,11-13,15,17,19,22-24,28-31H2,1-10H3,(H,71,80)(H,72,81)(H,73,78)(H,74,85)(H3,68,69,84)/b18-14+,34-16+/t35-,36+,41+,44+,45-,46+,48?,50+,51+,58+,60+/m1/s1. The Bertz CT molecular complexity index is 3000. The lowest BCUT2D eigenvalue weighted by atomic mass is 9.83. The van der Waals surface area contributed by atoms with E-state index < -0.39 is 149 Å². The van der Waals surface area contributed by atoms with E-state index in [1.807, 2.05) is 6.92 Å². The quantitative estimate of drug-likeness (QED) is 0.0159. The number of carbonyl (C=O) groups is 8. The molecule has 0 aliphatic carbocycles. The van der Waals surface area contributed by atoms with Gasteiger partial charge in [0.25, 0.3) is 5.91 Å². The molecule has 0 saturated carbocycles. The summed E-state index contributed by atoms with van der Waals surface area (Å²) in [6.45, 7) is 10.1.